The Morgan fingerprint density at radius 1 is 1.11 bits per heavy atom. The van der Waals surface area contributed by atoms with Gasteiger partial charge >= 0.3 is 5.97 Å². The Morgan fingerprint density at radius 3 is 2.54 bits per heavy atom. The molecule has 1 saturated carbocycles. The van der Waals surface area contributed by atoms with Crippen LogP contribution in [0.4, 0.5) is 0 Å². The number of ketones is 1. The molecule has 4 aliphatic rings. The quantitative estimate of drug-likeness (QED) is 0.384. The fourth-order valence-electron chi connectivity index (χ4n) is 6.55. The molecule has 1 spiro atoms. The van der Waals surface area contributed by atoms with Gasteiger partial charge in [0.05, 0.1) is 17.6 Å². The molecule has 1 aromatic carbocycles. The Hall–Kier alpha value is -2.77. The second-order valence-corrected chi connectivity index (χ2v) is 11.0. The zero-order valence-electron chi connectivity index (χ0n) is 20.6. The van der Waals surface area contributed by atoms with Crippen LogP contribution in [0.1, 0.15) is 39.7 Å². The number of carbonyl (C=O) groups excluding carboxylic acids is 3. The molecule has 3 aliphatic heterocycles. The number of Topliss-reactive ketones (excluding diaryl/α,β-unsaturated/α-hetero) is 1. The van der Waals surface area contributed by atoms with Crippen LogP contribution in [0.25, 0.3) is 0 Å². The van der Waals surface area contributed by atoms with Crippen LogP contribution in [-0.2, 0) is 30.3 Å². The maximum absolute atomic E-state index is 13.8. The fraction of sp³-hybridized carbons (Fsp3) is 0.536. The normalized spacial score (nSPS) is 44.8. The summed E-state index contributed by atoms with van der Waals surface area (Å²) in [5, 5.41) is 13.8. The first-order valence-corrected chi connectivity index (χ1v) is 12.4. The number of hydrogen-bond acceptors (Lipinski definition) is 6. The van der Waals surface area contributed by atoms with Crippen LogP contribution in [-0.4, -0.2) is 51.7 Å². The number of hydrogen-bond donors (Lipinski definition) is 2. The number of ether oxygens (including phenoxy) is 2. The third-order valence-electron chi connectivity index (χ3n) is 8.64. The van der Waals surface area contributed by atoms with Gasteiger partial charge in [-0.1, -0.05) is 56.3 Å². The molecule has 0 radical (unpaired) electrons. The standard InChI is InChI=1S/C28H33NO6/c1-16-9-8-12-19-24-27(4,35-24)17(2)22-20(15-18-10-6-5-7-11-18)29-25(32)28(19,22)34-21(30)13-14-26(3,33)23(16)31/h5-8,10-14,16-17,19-20,22,24,33H,9,15H2,1-4H3,(H,29,32). The van der Waals surface area contributed by atoms with Crippen LogP contribution in [0, 0.1) is 23.7 Å². The summed E-state index contributed by atoms with van der Waals surface area (Å²) in [6, 6.07) is 9.69. The van der Waals surface area contributed by atoms with Gasteiger partial charge in [-0.05, 0) is 44.2 Å². The third-order valence-corrected chi connectivity index (χ3v) is 8.64. The summed E-state index contributed by atoms with van der Waals surface area (Å²) in [7, 11) is 0. The van der Waals surface area contributed by atoms with Crippen molar-refractivity contribution >= 4 is 17.7 Å². The molecule has 2 saturated heterocycles. The summed E-state index contributed by atoms with van der Waals surface area (Å²) in [4.78, 5) is 39.6. The van der Waals surface area contributed by atoms with E-state index in [1.165, 1.54) is 13.0 Å². The first-order chi connectivity index (χ1) is 16.5. The van der Waals surface area contributed by atoms with E-state index in [2.05, 4.69) is 19.2 Å². The molecule has 0 bridgehead atoms. The maximum atomic E-state index is 13.8. The summed E-state index contributed by atoms with van der Waals surface area (Å²) in [6.45, 7) is 7.23. The molecule has 3 heterocycles. The molecule has 5 rings (SSSR count). The van der Waals surface area contributed by atoms with Gasteiger partial charge in [-0.3, -0.25) is 9.59 Å². The molecule has 35 heavy (non-hydrogen) atoms. The van der Waals surface area contributed by atoms with Gasteiger partial charge in [0, 0.05) is 24.0 Å². The Morgan fingerprint density at radius 2 is 1.83 bits per heavy atom. The molecule has 186 valence electrons. The van der Waals surface area contributed by atoms with Gasteiger partial charge in [-0.2, -0.15) is 0 Å². The number of epoxide rings is 1. The van der Waals surface area contributed by atoms with E-state index in [9.17, 15) is 19.5 Å². The number of amides is 1. The van der Waals surface area contributed by atoms with E-state index < -0.39 is 34.6 Å². The zero-order chi connectivity index (χ0) is 25.2. The predicted molar refractivity (Wildman–Crippen MR) is 128 cm³/mol. The van der Waals surface area contributed by atoms with Crippen molar-refractivity contribution in [1.29, 1.82) is 0 Å². The third kappa shape index (κ3) is 3.67. The summed E-state index contributed by atoms with van der Waals surface area (Å²) in [5.41, 5.74) is -2.61. The van der Waals surface area contributed by atoms with E-state index >= 15 is 0 Å². The van der Waals surface area contributed by atoms with Crippen molar-refractivity contribution in [2.24, 2.45) is 23.7 Å². The minimum absolute atomic E-state index is 0.0573. The van der Waals surface area contributed by atoms with E-state index in [1.54, 1.807) is 6.92 Å². The molecule has 9 atom stereocenters. The lowest BCUT2D eigenvalue weighted by molar-refractivity contribution is -0.177. The average molecular weight is 480 g/mol. The molecular formula is C28H33NO6. The molecule has 1 aliphatic carbocycles. The number of allylic oxidation sites excluding steroid dienone is 1. The molecular weight excluding hydrogens is 446 g/mol. The number of benzene rings is 1. The van der Waals surface area contributed by atoms with Crippen molar-refractivity contribution in [3.8, 4) is 0 Å². The number of nitrogens with one attached hydrogen (secondary N) is 1. The number of carbonyl (C=O) groups is 3. The average Bonchev–Trinajstić information content (AvgIpc) is 3.44. The van der Waals surface area contributed by atoms with Crippen molar-refractivity contribution in [3.63, 3.8) is 0 Å². The first kappa shape index (κ1) is 23.9. The molecule has 0 aromatic heterocycles. The van der Waals surface area contributed by atoms with Gasteiger partial charge in [0.25, 0.3) is 5.91 Å². The zero-order valence-corrected chi connectivity index (χ0v) is 20.6. The topological polar surface area (TPSA) is 105 Å². The maximum Gasteiger partial charge on any atom is 0.331 e. The molecule has 1 aromatic rings. The fourth-order valence-corrected chi connectivity index (χ4v) is 6.55. The van der Waals surface area contributed by atoms with Crippen LogP contribution < -0.4 is 5.32 Å². The first-order valence-electron chi connectivity index (χ1n) is 12.4. The lowest BCUT2D eigenvalue weighted by atomic mass is 9.59. The molecule has 1 amide bonds. The number of fused-ring (bicyclic) bond motifs is 2. The van der Waals surface area contributed by atoms with Crippen LogP contribution in [0.2, 0.25) is 0 Å². The van der Waals surface area contributed by atoms with E-state index in [-0.39, 0.29) is 35.7 Å². The second kappa shape index (κ2) is 8.14. The van der Waals surface area contributed by atoms with Gasteiger partial charge in [0.2, 0.25) is 5.60 Å². The lowest BCUT2D eigenvalue weighted by Crippen LogP contribution is -2.61. The summed E-state index contributed by atoms with van der Waals surface area (Å²) in [6.07, 6.45) is 6.70. The van der Waals surface area contributed by atoms with E-state index in [0.29, 0.717) is 12.8 Å². The van der Waals surface area contributed by atoms with E-state index in [1.807, 2.05) is 42.5 Å². The molecule has 7 nitrogen and oxygen atoms in total. The van der Waals surface area contributed by atoms with E-state index in [4.69, 9.17) is 9.47 Å². The van der Waals surface area contributed by atoms with Gasteiger partial charge < -0.3 is 19.9 Å². The van der Waals surface area contributed by atoms with E-state index in [0.717, 1.165) is 11.6 Å². The summed E-state index contributed by atoms with van der Waals surface area (Å²) in [5.74, 6) is -2.81. The van der Waals surface area contributed by atoms with Crippen molar-refractivity contribution in [3.05, 3.63) is 60.2 Å². The molecule has 3 fully saturated rings. The SMILES string of the molecule is CC1CC=CC2C3OC3(C)C(C)C3C(Cc4ccccc4)NC(=O)C23OC(=O)C=CC(C)(O)C1=O. The largest absolute Gasteiger partial charge is 0.445 e. The van der Waals surface area contributed by atoms with Gasteiger partial charge in [0.1, 0.15) is 5.60 Å². The Labute approximate surface area is 205 Å². The predicted octanol–water partition coefficient (Wildman–Crippen LogP) is 2.52. The highest BCUT2D eigenvalue weighted by atomic mass is 16.6. The monoisotopic (exact) mass is 479 g/mol. The summed E-state index contributed by atoms with van der Waals surface area (Å²) >= 11 is 0. The van der Waals surface area contributed by atoms with Crippen molar-refractivity contribution < 1.29 is 29.0 Å². The lowest BCUT2D eigenvalue weighted by Gasteiger charge is -2.45. The van der Waals surface area contributed by atoms with Crippen molar-refractivity contribution in [1.82, 2.24) is 5.32 Å². The molecule has 7 heteroatoms. The highest BCUT2D eigenvalue weighted by Crippen LogP contribution is 2.63. The van der Waals surface area contributed by atoms with Gasteiger partial charge in [0.15, 0.2) is 5.78 Å². The van der Waals surface area contributed by atoms with Gasteiger partial charge in [-0.15, -0.1) is 0 Å². The molecule has 9 unspecified atom stereocenters. The Balaban J connectivity index is 1.60. The van der Waals surface area contributed by atoms with Crippen LogP contribution in [0.15, 0.2) is 54.6 Å². The molecule has 2 N–H and O–H groups in total. The van der Waals surface area contributed by atoms with Gasteiger partial charge in [-0.25, -0.2) is 4.79 Å². The second-order valence-electron chi connectivity index (χ2n) is 11.0. The highest BCUT2D eigenvalue weighted by Gasteiger charge is 2.78. The van der Waals surface area contributed by atoms with Crippen LogP contribution >= 0.6 is 0 Å². The highest BCUT2D eigenvalue weighted by molar-refractivity contribution is 5.96. The summed E-state index contributed by atoms with van der Waals surface area (Å²) < 4.78 is 12.3. The minimum Gasteiger partial charge on any atom is -0.445 e. The minimum atomic E-state index is -1.81. The number of rotatable bonds is 2. The Kier molecular flexibility index (Phi) is 5.57. The van der Waals surface area contributed by atoms with Crippen LogP contribution in [0.3, 0.4) is 0 Å². The van der Waals surface area contributed by atoms with Crippen LogP contribution in [0.5, 0.6) is 0 Å². The number of aliphatic hydroxyl groups is 1. The Bertz CT molecular complexity index is 1110. The van der Waals surface area contributed by atoms with Crippen molar-refractivity contribution in [2.75, 3.05) is 0 Å². The van der Waals surface area contributed by atoms with Crippen molar-refractivity contribution in [2.45, 2.75) is 69.5 Å². The number of esters is 1. The smallest absolute Gasteiger partial charge is 0.331 e.